The van der Waals surface area contributed by atoms with Crippen LogP contribution in [0.2, 0.25) is 0 Å². The van der Waals surface area contributed by atoms with Crippen LogP contribution in [0.25, 0.3) is 11.0 Å². The standard InChI is InChI=1S/C14H19N3O/c1-17-13-5-3-2-4-12(13)16-14(17)15-10-6-8-11(18)9-7-10/h2-5,10-11,18H,6-9H2,1H3,(H,15,16). The van der Waals surface area contributed by atoms with E-state index < -0.39 is 0 Å². The molecule has 0 spiro atoms. The average Bonchev–Trinajstić information content (AvgIpc) is 2.70. The summed E-state index contributed by atoms with van der Waals surface area (Å²) in [5.41, 5.74) is 2.18. The topological polar surface area (TPSA) is 50.1 Å². The number of nitrogens with zero attached hydrogens (tertiary/aromatic N) is 2. The predicted octanol–water partition coefficient (Wildman–Crippen LogP) is 2.29. The molecule has 1 fully saturated rings. The predicted molar refractivity (Wildman–Crippen MR) is 72.6 cm³/mol. The van der Waals surface area contributed by atoms with Crippen LogP contribution in [-0.4, -0.2) is 26.8 Å². The van der Waals surface area contributed by atoms with E-state index in [-0.39, 0.29) is 6.10 Å². The van der Waals surface area contributed by atoms with Gasteiger partial charge < -0.3 is 15.0 Å². The molecule has 1 aromatic carbocycles. The summed E-state index contributed by atoms with van der Waals surface area (Å²) in [6, 6.07) is 8.59. The van der Waals surface area contributed by atoms with Gasteiger partial charge in [-0.3, -0.25) is 0 Å². The smallest absolute Gasteiger partial charge is 0.203 e. The second-order valence-corrected chi connectivity index (χ2v) is 5.13. The molecule has 1 heterocycles. The summed E-state index contributed by atoms with van der Waals surface area (Å²) in [5.74, 6) is 0.928. The quantitative estimate of drug-likeness (QED) is 0.853. The molecule has 0 aliphatic heterocycles. The highest BCUT2D eigenvalue weighted by Gasteiger charge is 2.20. The monoisotopic (exact) mass is 245 g/mol. The maximum Gasteiger partial charge on any atom is 0.203 e. The van der Waals surface area contributed by atoms with Gasteiger partial charge in [0.05, 0.1) is 17.1 Å². The molecule has 1 saturated carbocycles. The van der Waals surface area contributed by atoms with Gasteiger partial charge in [-0.05, 0) is 37.8 Å². The van der Waals surface area contributed by atoms with Crippen molar-refractivity contribution >= 4 is 17.0 Å². The van der Waals surface area contributed by atoms with Crippen molar-refractivity contribution in [2.24, 2.45) is 7.05 Å². The van der Waals surface area contributed by atoms with Gasteiger partial charge in [0.15, 0.2) is 0 Å². The lowest BCUT2D eigenvalue weighted by Gasteiger charge is -2.26. The fourth-order valence-corrected chi connectivity index (χ4v) is 2.68. The van der Waals surface area contributed by atoms with Gasteiger partial charge in [-0.2, -0.15) is 0 Å². The number of aryl methyl sites for hydroxylation is 1. The molecule has 4 nitrogen and oxygen atoms in total. The Bertz CT molecular complexity index is 541. The van der Waals surface area contributed by atoms with Crippen molar-refractivity contribution in [1.29, 1.82) is 0 Å². The van der Waals surface area contributed by atoms with E-state index in [0.717, 1.165) is 42.7 Å². The van der Waals surface area contributed by atoms with Gasteiger partial charge in [0, 0.05) is 13.1 Å². The fraction of sp³-hybridized carbons (Fsp3) is 0.500. The number of aliphatic hydroxyl groups is 1. The Kier molecular flexibility index (Phi) is 2.96. The minimum absolute atomic E-state index is 0.108. The van der Waals surface area contributed by atoms with E-state index >= 15 is 0 Å². The molecule has 1 aromatic heterocycles. The Morgan fingerprint density at radius 2 is 1.94 bits per heavy atom. The van der Waals surface area contributed by atoms with Crippen LogP contribution in [0.4, 0.5) is 5.95 Å². The Morgan fingerprint density at radius 1 is 1.22 bits per heavy atom. The Labute approximate surface area is 107 Å². The molecule has 96 valence electrons. The van der Waals surface area contributed by atoms with Crippen LogP contribution in [0.5, 0.6) is 0 Å². The largest absolute Gasteiger partial charge is 0.393 e. The van der Waals surface area contributed by atoms with Crippen LogP contribution >= 0.6 is 0 Å². The average molecular weight is 245 g/mol. The molecule has 0 bridgehead atoms. The molecular formula is C14H19N3O. The zero-order valence-corrected chi connectivity index (χ0v) is 10.6. The summed E-state index contributed by atoms with van der Waals surface area (Å²) >= 11 is 0. The van der Waals surface area contributed by atoms with Gasteiger partial charge in [0.1, 0.15) is 0 Å². The van der Waals surface area contributed by atoms with Gasteiger partial charge in [0.2, 0.25) is 5.95 Å². The van der Waals surface area contributed by atoms with Crippen molar-refractivity contribution in [3.8, 4) is 0 Å². The number of hydrogen-bond donors (Lipinski definition) is 2. The van der Waals surface area contributed by atoms with Crippen LogP contribution in [0, 0.1) is 0 Å². The van der Waals surface area contributed by atoms with Gasteiger partial charge in [-0.15, -0.1) is 0 Å². The number of nitrogens with one attached hydrogen (secondary N) is 1. The molecule has 2 N–H and O–H groups in total. The Hall–Kier alpha value is -1.55. The summed E-state index contributed by atoms with van der Waals surface area (Å²) < 4.78 is 2.10. The lowest BCUT2D eigenvalue weighted by molar-refractivity contribution is 0.126. The fourth-order valence-electron chi connectivity index (χ4n) is 2.68. The van der Waals surface area contributed by atoms with E-state index in [1.165, 1.54) is 0 Å². The van der Waals surface area contributed by atoms with E-state index in [0.29, 0.717) is 6.04 Å². The van der Waals surface area contributed by atoms with E-state index in [1.54, 1.807) is 0 Å². The van der Waals surface area contributed by atoms with Gasteiger partial charge in [-0.25, -0.2) is 4.98 Å². The third-order valence-electron chi connectivity index (χ3n) is 3.82. The third kappa shape index (κ3) is 2.08. The lowest BCUT2D eigenvalue weighted by Crippen LogP contribution is -2.29. The number of benzene rings is 1. The Morgan fingerprint density at radius 3 is 2.67 bits per heavy atom. The van der Waals surface area contributed by atoms with E-state index in [4.69, 9.17) is 0 Å². The van der Waals surface area contributed by atoms with Crippen molar-refractivity contribution in [2.45, 2.75) is 37.8 Å². The first-order valence-electron chi connectivity index (χ1n) is 6.60. The molecular weight excluding hydrogens is 226 g/mol. The lowest BCUT2D eigenvalue weighted by atomic mass is 9.93. The molecule has 1 aliphatic rings. The molecule has 0 atom stereocenters. The molecule has 0 unspecified atom stereocenters. The SMILES string of the molecule is Cn1c(NC2CCC(O)CC2)nc2ccccc21. The maximum atomic E-state index is 9.51. The van der Waals surface area contributed by atoms with Gasteiger partial charge in [-0.1, -0.05) is 12.1 Å². The number of imidazole rings is 1. The molecule has 0 radical (unpaired) electrons. The molecule has 3 rings (SSSR count). The number of para-hydroxylation sites is 2. The van der Waals surface area contributed by atoms with Crippen LogP contribution in [-0.2, 0) is 7.05 Å². The van der Waals surface area contributed by atoms with Crippen LogP contribution < -0.4 is 5.32 Å². The number of fused-ring (bicyclic) bond motifs is 1. The zero-order chi connectivity index (χ0) is 12.5. The maximum absolute atomic E-state index is 9.51. The van der Waals surface area contributed by atoms with E-state index in [1.807, 2.05) is 25.2 Å². The highest BCUT2D eigenvalue weighted by molar-refractivity contribution is 5.78. The van der Waals surface area contributed by atoms with Crippen LogP contribution in [0.15, 0.2) is 24.3 Å². The van der Waals surface area contributed by atoms with E-state index in [9.17, 15) is 5.11 Å². The number of rotatable bonds is 2. The summed E-state index contributed by atoms with van der Waals surface area (Å²) in [4.78, 5) is 4.61. The van der Waals surface area contributed by atoms with Gasteiger partial charge >= 0.3 is 0 Å². The number of hydrogen-bond acceptors (Lipinski definition) is 3. The highest BCUT2D eigenvalue weighted by Crippen LogP contribution is 2.23. The number of anilines is 1. The van der Waals surface area contributed by atoms with Crippen molar-refractivity contribution in [3.63, 3.8) is 0 Å². The second kappa shape index (κ2) is 4.61. The number of aliphatic hydroxyl groups excluding tert-OH is 1. The van der Waals surface area contributed by atoms with Crippen molar-refractivity contribution in [2.75, 3.05) is 5.32 Å². The van der Waals surface area contributed by atoms with E-state index in [2.05, 4.69) is 20.9 Å². The minimum Gasteiger partial charge on any atom is -0.393 e. The van der Waals surface area contributed by atoms with Crippen molar-refractivity contribution < 1.29 is 5.11 Å². The molecule has 18 heavy (non-hydrogen) atoms. The first kappa shape index (κ1) is 11.5. The number of aromatic nitrogens is 2. The first-order chi connectivity index (χ1) is 8.74. The second-order valence-electron chi connectivity index (χ2n) is 5.13. The molecule has 0 amide bonds. The molecule has 1 aliphatic carbocycles. The van der Waals surface area contributed by atoms with Crippen LogP contribution in [0.1, 0.15) is 25.7 Å². The summed E-state index contributed by atoms with van der Waals surface area (Å²) in [6.07, 6.45) is 3.71. The van der Waals surface area contributed by atoms with Crippen LogP contribution in [0.3, 0.4) is 0 Å². The Balaban J connectivity index is 1.80. The summed E-state index contributed by atoms with van der Waals surface area (Å²) in [5, 5.41) is 13.0. The summed E-state index contributed by atoms with van der Waals surface area (Å²) in [6.45, 7) is 0. The third-order valence-corrected chi connectivity index (χ3v) is 3.82. The molecule has 0 saturated heterocycles. The summed E-state index contributed by atoms with van der Waals surface area (Å²) in [7, 11) is 2.04. The first-order valence-corrected chi connectivity index (χ1v) is 6.60. The van der Waals surface area contributed by atoms with Crippen molar-refractivity contribution in [1.82, 2.24) is 9.55 Å². The molecule has 4 heteroatoms. The van der Waals surface area contributed by atoms with Crippen molar-refractivity contribution in [3.05, 3.63) is 24.3 Å². The zero-order valence-electron chi connectivity index (χ0n) is 10.6. The normalized spacial score (nSPS) is 24.3. The highest BCUT2D eigenvalue weighted by atomic mass is 16.3. The minimum atomic E-state index is -0.108. The van der Waals surface area contributed by atoms with Gasteiger partial charge in [0.25, 0.3) is 0 Å². The molecule has 2 aromatic rings.